The van der Waals surface area contributed by atoms with Gasteiger partial charge < -0.3 is 10.4 Å². The minimum absolute atomic E-state index is 0.270. The van der Waals surface area contributed by atoms with Gasteiger partial charge in [-0.3, -0.25) is 0 Å². The molecule has 0 aliphatic rings. The quantitative estimate of drug-likeness (QED) is 0.699. The van der Waals surface area contributed by atoms with Crippen molar-refractivity contribution < 1.29 is 5.11 Å². The molecule has 1 aromatic heterocycles. The number of hydrogen-bond donors (Lipinski definition) is 2. The maximum atomic E-state index is 8.85. The summed E-state index contributed by atoms with van der Waals surface area (Å²) < 4.78 is 0. The number of hydrogen-bond acceptors (Lipinski definition) is 4. The van der Waals surface area contributed by atoms with E-state index in [9.17, 15) is 0 Å². The fourth-order valence-electron chi connectivity index (χ4n) is 1.31. The topological polar surface area (TPSA) is 58.0 Å². The molecule has 4 nitrogen and oxygen atoms in total. The van der Waals surface area contributed by atoms with Gasteiger partial charge in [0.25, 0.3) is 0 Å². The van der Waals surface area contributed by atoms with Gasteiger partial charge in [-0.15, -0.1) is 0 Å². The largest absolute Gasteiger partial charge is 0.396 e. The van der Waals surface area contributed by atoms with E-state index in [1.807, 2.05) is 13.0 Å². The van der Waals surface area contributed by atoms with Crippen molar-refractivity contribution in [3.8, 4) is 0 Å². The zero-order valence-electron chi connectivity index (χ0n) is 9.40. The molecular weight excluding hydrogens is 190 g/mol. The molecule has 0 amide bonds. The van der Waals surface area contributed by atoms with Crippen LogP contribution in [0.1, 0.15) is 25.6 Å². The lowest BCUT2D eigenvalue weighted by atomic mass is 10.1. The first-order valence-electron chi connectivity index (χ1n) is 5.36. The molecule has 15 heavy (non-hydrogen) atoms. The lowest BCUT2D eigenvalue weighted by Gasteiger charge is -2.08. The van der Waals surface area contributed by atoms with Crippen LogP contribution in [0.15, 0.2) is 12.3 Å². The molecule has 0 bridgehead atoms. The molecule has 0 radical (unpaired) electrons. The molecule has 1 aromatic rings. The first-order valence-corrected chi connectivity index (χ1v) is 5.36. The predicted octanol–water partition coefficient (Wildman–Crippen LogP) is 1.61. The number of aromatic nitrogens is 2. The normalized spacial score (nSPS) is 12.5. The number of aliphatic hydroxyl groups is 1. The average molecular weight is 209 g/mol. The molecule has 0 saturated carbocycles. The lowest BCUT2D eigenvalue weighted by Crippen LogP contribution is -2.07. The summed E-state index contributed by atoms with van der Waals surface area (Å²) in [5.41, 5.74) is 0. The van der Waals surface area contributed by atoms with E-state index >= 15 is 0 Å². The summed E-state index contributed by atoms with van der Waals surface area (Å²) in [5, 5.41) is 12.1. The molecule has 2 N–H and O–H groups in total. The van der Waals surface area contributed by atoms with E-state index in [1.165, 1.54) is 0 Å². The number of nitrogens with one attached hydrogen (secondary N) is 1. The van der Waals surface area contributed by atoms with E-state index in [2.05, 4.69) is 22.2 Å². The van der Waals surface area contributed by atoms with E-state index in [0.29, 0.717) is 5.92 Å². The second kappa shape index (κ2) is 6.35. The van der Waals surface area contributed by atoms with Crippen LogP contribution in [-0.2, 0) is 0 Å². The molecule has 1 unspecified atom stereocenters. The van der Waals surface area contributed by atoms with E-state index < -0.39 is 0 Å². The van der Waals surface area contributed by atoms with E-state index in [4.69, 9.17) is 5.11 Å². The minimum atomic E-state index is 0.270. The molecule has 0 fully saturated rings. The van der Waals surface area contributed by atoms with Crippen molar-refractivity contribution in [2.45, 2.75) is 26.7 Å². The Morgan fingerprint density at radius 3 is 3.00 bits per heavy atom. The van der Waals surface area contributed by atoms with Crippen LogP contribution in [-0.4, -0.2) is 28.2 Å². The average Bonchev–Trinajstić information content (AvgIpc) is 2.24. The zero-order chi connectivity index (χ0) is 11.1. The SMILES string of the molecule is Cc1nccc(NCCCC(C)CO)n1. The Labute approximate surface area is 90.8 Å². The molecule has 0 saturated heterocycles. The van der Waals surface area contributed by atoms with Crippen LogP contribution in [0.2, 0.25) is 0 Å². The van der Waals surface area contributed by atoms with E-state index in [1.54, 1.807) is 6.20 Å². The van der Waals surface area contributed by atoms with Crippen LogP contribution in [0.25, 0.3) is 0 Å². The Hall–Kier alpha value is -1.16. The highest BCUT2D eigenvalue weighted by molar-refractivity contribution is 5.32. The van der Waals surface area contributed by atoms with Gasteiger partial charge in [0.15, 0.2) is 0 Å². The van der Waals surface area contributed by atoms with Crippen molar-refractivity contribution in [1.82, 2.24) is 9.97 Å². The maximum Gasteiger partial charge on any atom is 0.129 e. The minimum Gasteiger partial charge on any atom is -0.396 e. The molecule has 0 spiro atoms. The van der Waals surface area contributed by atoms with Gasteiger partial charge in [-0.25, -0.2) is 9.97 Å². The number of nitrogens with zero attached hydrogens (tertiary/aromatic N) is 2. The molecule has 0 aliphatic carbocycles. The highest BCUT2D eigenvalue weighted by Crippen LogP contribution is 2.05. The monoisotopic (exact) mass is 209 g/mol. The van der Waals surface area contributed by atoms with Crippen LogP contribution in [0, 0.1) is 12.8 Å². The van der Waals surface area contributed by atoms with Gasteiger partial charge in [-0.2, -0.15) is 0 Å². The zero-order valence-corrected chi connectivity index (χ0v) is 9.40. The summed E-state index contributed by atoms with van der Waals surface area (Å²) in [6, 6.07) is 1.86. The molecule has 0 aliphatic heterocycles. The van der Waals surface area contributed by atoms with Gasteiger partial charge in [-0.05, 0) is 31.7 Å². The number of rotatable bonds is 6. The Bertz CT molecular complexity index is 291. The van der Waals surface area contributed by atoms with Crippen molar-refractivity contribution in [2.24, 2.45) is 5.92 Å². The Kier molecular flexibility index (Phi) is 5.04. The standard InChI is InChI=1S/C11H19N3O/c1-9(8-15)4-3-6-13-11-5-7-12-10(2)14-11/h5,7,9,15H,3-4,6,8H2,1-2H3,(H,12,13,14). The predicted molar refractivity (Wildman–Crippen MR) is 60.7 cm³/mol. The molecule has 4 heteroatoms. The van der Waals surface area contributed by atoms with Gasteiger partial charge in [-0.1, -0.05) is 6.92 Å². The molecular formula is C11H19N3O. The van der Waals surface area contributed by atoms with Gasteiger partial charge >= 0.3 is 0 Å². The van der Waals surface area contributed by atoms with Crippen LogP contribution in [0.4, 0.5) is 5.82 Å². The van der Waals surface area contributed by atoms with Crippen LogP contribution < -0.4 is 5.32 Å². The van der Waals surface area contributed by atoms with Crippen molar-refractivity contribution in [1.29, 1.82) is 0 Å². The second-order valence-electron chi connectivity index (χ2n) is 3.85. The summed E-state index contributed by atoms with van der Waals surface area (Å²) in [6.45, 7) is 5.08. The maximum absolute atomic E-state index is 8.85. The van der Waals surface area contributed by atoms with E-state index in [0.717, 1.165) is 31.0 Å². The van der Waals surface area contributed by atoms with Gasteiger partial charge in [0.05, 0.1) is 0 Å². The van der Waals surface area contributed by atoms with Crippen molar-refractivity contribution in [3.63, 3.8) is 0 Å². The summed E-state index contributed by atoms with van der Waals surface area (Å²) in [4.78, 5) is 8.26. The number of aryl methyl sites for hydroxylation is 1. The fourth-order valence-corrected chi connectivity index (χ4v) is 1.31. The van der Waals surface area contributed by atoms with Crippen LogP contribution in [0.5, 0.6) is 0 Å². The Morgan fingerprint density at radius 1 is 1.53 bits per heavy atom. The van der Waals surface area contributed by atoms with Crippen LogP contribution in [0.3, 0.4) is 0 Å². The van der Waals surface area contributed by atoms with Crippen molar-refractivity contribution >= 4 is 5.82 Å². The van der Waals surface area contributed by atoms with Gasteiger partial charge in [0, 0.05) is 19.3 Å². The number of aliphatic hydroxyl groups excluding tert-OH is 1. The Morgan fingerprint density at radius 2 is 2.33 bits per heavy atom. The third kappa shape index (κ3) is 4.74. The fraction of sp³-hybridized carbons (Fsp3) is 0.636. The highest BCUT2D eigenvalue weighted by atomic mass is 16.3. The van der Waals surface area contributed by atoms with E-state index in [-0.39, 0.29) is 6.61 Å². The summed E-state index contributed by atoms with van der Waals surface area (Å²) >= 11 is 0. The second-order valence-corrected chi connectivity index (χ2v) is 3.85. The third-order valence-corrected chi connectivity index (χ3v) is 2.27. The molecule has 1 rings (SSSR count). The molecule has 1 atom stereocenters. The van der Waals surface area contributed by atoms with Crippen LogP contribution >= 0.6 is 0 Å². The molecule has 84 valence electrons. The molecule has 0 aromatic carbocycles. The van der Waals surface area contributed by atoms with Crippen molar-refractivity contribution in [2.75, 3.05) is 18.5 Å². The lowest BCUT2D eigenvalue weighted by molar-refractivity contribution is 0.229. The first kappa shape index (κ1) is 11.9. The summed E-state index contributed by atoms with van der Waals surface area (Å²) in [6.07, 6.45) is 3.83. The van der Waals surface area contributed by atoms with Gasteiger partial charge in [0.2, 0.25) is 0 Å². The van der Waals surface area contributed by atoms with Crippen molar-refractivity contribution in [3.05, 3.63) is 18.1 Å². The van der Waals surface area contributed by atoms with Gasteiger partial charge in [0.1, 0.15) is 11.6 Å². The Balaban J connectivity index is 2.20. The first-order chi connectivity index (χ1) is 7.22. The highest BCUT2D eigenvalue weighted by Gasteiger charge is 1.99. The number of anilines is 1. The third-order valence-electron chi connectivity index (χ3n) is 2.27. The smallest absolute Gasteiger partial charge is 0.129 e. The molecule has 1 heterocycles. The summed E-state index contributed by atoms with van der Waals surface area (Å²) in [5.74, 6) is 2.04. The summed E-state index contributed by atoms with van der Waals surface area (Å²) in [7, 11) is 0.